The molecule has 0 aromatic rings. The van der Waals surface area contributed by atoms with Gasteiger partial charge in [0, 0.05) is 0 Å². The molecule has 0 N–H and O–H groups in total. The summed E-state index contributed by atoms with van der Waals surface area (Å²) in [6.45, 7) is 1.57. The molecule has 0 aromatic heterocycles. The van der Waals surface area contributed by atoms with Gasteiger partial charge in [0.25, 0.3) is 0 Å². The largest absolute Gasteiger partial charge is 0.139 e. The van der Waals surface area contributed by atoms with E-state index in [4.69, 9.17) is 5.69 Å². The van der Waals surface area contributed by atoms with Gasteiger partial charge in [-0.1, -0.05) is 45.7 Å². The fourth-order valence-corrected chi connectivity index (χ4v) is 19.5. The average molecular weight is 196 g/mol. The molecule has 0 saturated carbocycles. The number of hydrogen-bond acceptors (Lipinski definition) is 3. The molecule has 0 nitrogen and oxygen atoms in total. The number of hydrogen-bond donors (Lipinski definition) is 0. The molecule has 0 unspecified atom stereocenters. The van der Waals surface area contributed by atoms with Gasteiger partial charge in [0.2, 0.25) is 0 Å². The SMILES string of the molecule is C#S12SC(CCC)(S1)S2. The first-order valence-corrected chi connectivity index (χ1v) is 8.60. The zero-order valence-electron chi connectivity index (χ0n) is 5.12. The van der Waals surface area contributed by atoms with Gasteiger partial charge in [-0.15, -0.1) is 5.69 Å². The third kappa shape index (κ3) is 0.881. The van der Waals surface area contributed by atoms with Crippen LogP contribution in [-0.2, 0) is 0 Å². The first-order valence-electron chi connectivity index (χ1n) is 2.91. The second-order valence-corrected chi connectivity index (χ2v) is 14.7. The van der Waals surface area contributed by atoms with Crippen LogP contribution in [0.25, 0.3) is 0 Å². The van der Waals surface area contributed by atoms with E-state index in [-0.39, 0.29) is 0 Å². The third-order valence-electron chi connectivity index (χ3n) is 1.29. The van der Waals surface area contributed by atoms with Gasteiger partial charge < -0.3 is 0 Å². The molecule has 52 valence electrons. The Balaban J connectivity index is 1.99. The summed E-state index contributed by atoms with van der Waals surface area (Å²) in [4.78, 5) is 0. The summed E-state index contributed by atoms with van der Waals surface area (Å²) >= 11 is 0. The van der Waals surface area contributed by atoms with Crippen LogP contribution in [0.15, 0.2) is 0 Å². The third-order valence-corrected chi connectivity index (χ3v) is 15.1. The van der Waals surface area contributed by atoms with E-state index < -0.39 is 6.53 Å². The second-order valence-electron chi connectivity index (χ2n) is 2.18. The Hall–Kier alpha value is 1.18. The molecule has 0 atom stereocenters. The molecule has 0 spiro atoms. The molecule has 0 aromatic carbocycles. The van der Waals surface area contributed by atoms with Crippen molar-refractivity contribution < 1.29 is 0 Å². The first kappa shape index (κ1) is 6.86. The molecule has 3 fully saturated rings. The smallest absolute Gasteiger partial charge is 0.116 e. The van der Waals surface area contributed by atoms with Crippen molar-refractivity contribution in [1.82, 2.24) is 0 Å². The fourth-order valence-electron chi connectivity index (χ4n) is 0.981. The summed E-state index contributed by atoms with van der Waals surface area (Å²) in [7, 11) is 6.06. The summed E-state index contributed by atoms with van der Waals surface area (Å²) in [6, 6.07) is 0. The van der Waals surface area contributed by atoms with Crippen molar-refractivity contribution in [3.8, 4) is 5.69 Å². The highest BCUT2D eigenvalue weighted by Crippen LogP contribution is 3.03. The maximum Gasteiger partial charge on any atom is 0.139 e. The topological polar surface area (TPSA) is 0 Å². The van der Waals surface area contributed by atoms with E-state index in [0.29, 0.717) is 3.41 Å². The van der Waals surface area contributed by atoms with Gasteiger partial charge in [-0.25, -0.2) is 0 Å². The van der Waals surface area contributed by atoms with Crippen molar-refractivity contribution >= 4 is 38.9 Å². The molecule has 9 heavy (non-hydrogen) atoms. The molecular formula is C5H8S4. The normalized spacial score (nSPS) is 53.8. The van der Waals surface area contributed by atoms with Crippen LogP contribution in [0.1, 0.15) is 19.8 Å². The van der Waals surface area contributed by atoms with Gasteiger partial charge in [-0.05, 0) is 13.0 Å². The minimum absolute atomic E-state index is 0.541. The molecule has 3 saturated heterocycles. The van der Waals surface area contributed by atoms with E-state index in [1.165, 1.54) is 12.8 Å². The van der Waals surface area contributed by atoms with Crippen LogP contribution in [0.3, 0.4) is 0 Å². The lowest BCUT2D eigenvalue weighted by Gasteiger charge is -2.60. The van der Waals surface area contributed by atoms with Crippen molar-refractivity contribution in [1.29, 1.82) is 0 Å². The van der Waals surface area contributed by atoms with Crippen LogP contribution in [0.2, 0.25) is 0 Å². The standard InChI is InChI=1S/C5H8S4/c1-3-4-5-6-9(2,7-5)8-5/h2H,3-4H2,1H3. The van der Waals surface area contributed by atoms with E-state index >= 15 is 0 Å². The molecule has 0 aliphatic carbocycles. The fraction of sp³-hybridized carbons (Fsp3) is 0.800. The second kappa shape index (κ2) is 1.86. The van der Waals surface area contributed by atoms with Crippen molar-refractivity contribution in [2.45, 2.75) is 23.2 Å². The van der Waals surface area contributed by atoms with E-state index in [1.807, 2.05) is 32.4 Å². The average Bonchev–Trinajstić information content (AvgIpc) is 1.60. The highest BCUT2D eigenvalue weighted by molar-refractivity contribution is 9.59. The van der Waals surface area contributed by atoms with Crippen LogP contribution in [-0.4, -0.2) is 3.41 Å². The molecular weight excluding hydrogens is 188 g/mol. The summed E-state index contributed by atoms with van der Waals surface area (Å²) in [6.07, 6.45) is 2.63. The van der Waals surface area contributed by atoms with Gasteiger partial charge in [-0.2, -0.15) is 0 Å². The molecule has 3 aliphatic heterocycles. The quantitative estimate of drug-likeness (QED) is 0.617. The maximum atomic E-state index is 5.88. The van der Waals surface area contributed by atoms with E-state index in [2.05, 4.69) is 6.92 Å². The molecule has 0 amide bonds. The highest BCUT2D eigenvalue weighted by atomic mass is 33.9. The van der Waals surface area contributed by atoms with Crippen LogP contribution in [0.5, 0.6) is 0 Å². The zero-order valence-corrected chi connectivity index (χ0v) is 8.39. The van der Waals surface area contributed by atoms with Crippen molar-refractivity contribution in [3.63, 3.8) is 0 Å². The highest BCUT2D eigenvalue weighted by Gasteiger charge is 2.62. The summed E-state index contributed by atoms with van der Waals surface area (Å²) in [5.41, 5.74) is 5.88. The Kier molecular flexibility index (Phi) is 1.42. The first-order chi connectivity index (χ1) is 4.18. The Bertz CT molecular complexity index is 201. The lowest BCUT2D eigenvalue weighted by Crippen LogP contribution is -2.30. The molecule has 3 aliphatic rings. The van der Waals surface area contributed by atoms with E-state index in [0.717, 1.165) is 0 Å². The van der Waals surface area contributed by atoms with Crippen LogP contribution in [0, 0.1) is 5.69 Å². The molecule has 3 rings (SSSR count). The summed E-state index contributed by atoms with van der Waals surface area (Å²) in [5, 5.41) is 0. The maximum absolute atomic E-state index is 5.88. The van der Waals surface area contributed by atoms with E-state index in [9.17, 15) is 0 Å². The predicted octanol–water partition coefficient (Wildman–Crippen LogP) is 3.81. The van der Waals surface area contributed by atoms with Crippen LogP contribution < -0.4 is 0 Å². The molecule has 0 radical (unpaired) electrons. The zero-order chi connectivity index (χ0) is 6.54. The Morgan fingerprint density at radius 1 is 1.44 bits per heavy atom. The molecule has 4 heteroatoms. The Labute approximate surface area is 67.7 Å². The van der Waals surface area contributed by atoms with Crippen LogP contribution >= 0.6 is 38.9 Å². The lowest BCUT2D eigenvalue weighted by molar-refractivity contribution is 0.846. The lowest BCUT2D eigenvalue weighted by atomic mass is 10.4. The monoisotopic (exact) mass is 196 g/mol. The van der Waals surface area contributed by atoms with Gasteiger partial charge in [0.05, 0.1) is 0 Å². The minimum atomic E-state index is -0.669. The van der Waals surface area contributed by atoms with Gasteiger partial charge in [0.1, 0.15) is 3.41 Å². The summed E-state index contributed by atoms with van der Waals surface area (Å²) in [5.74, 6) is 0. The van der Waals surface area contributed by atoms with Crippen molar-refractivity contribution in [3.05, 3.63) is 0 Å². The Morgan fingerprint density at radius 2 is 2.00 bits per heavy atom. The van der Waals surface area contributed by atoms with Crippen LogP contribution in [0.4, 0.5) is 0 Å². The van der Waals surface area contributed by atoms with Gasteiger partial charge in [-0.3, -0.25) is 0 Å². The molecule has 3 heterocycles. The number of rotatable bonds is 2. The minimum Gasteiger partial charge on any atom is -0.116 e. The predicted molar refractivity (Wildman–Crippen MR) is 52.9 cm³/mol. The Morgan fingerprint density at radius 3 is 2.33 bits per heavy atom. The van der Waals surface area contributed by atoms with Crippen molar-refractivity contribution in [2.24, 2.45) is 0 Å². The summed E-state index contributed by atoms with van der Waals surface area (Å²) < 4.78 is 0.541. The van der Waals surface area contributed by atoms with Crippen molar-refractivity contribution in [2.75, 3.05) is 0 Å². The molecule has 2 bridgehead atoms. The van der Waals surface area contributed by atoms with E-state index in [1.54, 1.807) is 0 Å². The van der Waals surface area contributed by atoms with Gasteiger partial charge in [0.15, 0.2) is 0 Å². The van der Waals surface area contributed by atoms with Gasteiger partial charge >= 0.3 is 0 Å².